The fourth-order valence-electron chi connectivity index (χ4n) is 7.16. The Morgan fingerprint density at radius 2 is 1.41 bits per heavy atom. The number of hydrogen-bond acceptors (Lipinski definition) is 11. The van der Waals surface area contributed by atoms with Gasteiger partial charge in [0.15, 0.2) is 16.5 Å². The first-order chi connectivity index (χ1) is 25.7. The van der Waals surface area contributed by atoms with Gasteiger partial charge in [-0.15, -0.1) is 0 Å². The van der Waals surface area contributed by atoms with E-state index in [-0.39, 0.29) is 41.4 Å². The second-order valence-corrected chi connectivity index (χ2v) is 21.4. The zero-order valence-electron chi connectivity index (χ0n) is 30.3. The Labute approximate surface area is 335 Å². The van der Waals surface area contributed by atoms with Crippen LogP contribution in [0.4, 0.5) is 0 Å². The van der Waals surface area contributed by atoms with Crippen LogP contribution in [0, 0.1) is 0 Å². The van der Waals surface area contributed by atoms with Crippen LogP contribution in [0.1, 0.15) is 52.0 Å². The van der Waals surface area contributed by atoms with Crippen molar-refractivity contribution in [3.63, 3.8) is 0 Å². The van der Waals surface area contributed by atoms with Crippen LogP contribution in [0.2, 0.25) is 0 Å². The highest BCUT2D eigenvalue weighted by Crippen LogP contribution is 2.52. The number of benzene rings is 3. The molecule has 0 amide bonds. The summed E-state index contributed by atoms with van der Waals surface area (Å²) in [6.45, 7) is 6.04. The predicted molar refractivity (Wildman–Crippen MR) is 210 cm³/mol. The monoisotopic (exact) mass is 935 g/mol. The fourth-order valence-corrected chi connectivity index (χ4v) is 12.4. The molecule has 12 nitrogen and oxygen atoms in total. The molecule has 296 valence electrons. The molecule has 3 aromatic carbocycles. The molecule has 3 aliphatic rings. The first-order valence-electron chi connectivity index (χ1n) is 18.0. The van der Waals surface area contributed by atoms with Gasteiger partial charge < -0.3 is 24.6 Å². The normalized spacial score (nSPS) is 28.0. The molecule has 4 unspecified atom stereocenters. The van der Waals surface area contributed by atoms with Crippen LogP contribution < -0.4 is 5.32 Å². The Balaban J connectivity index is 1.27. The SMILES string of the molecule is CC(C)OC1C[C@H](S(=O)(=O)c2ccc(Br)cc2)O[C@@H]1CO[PH+](OC1C[C@H](S(=O)(=O)c2ccc(Br)cc2)O[C@@H]1CO)O[C@@](C)(c1ccccc1)C1CCC[NH2+]1. The van der Waals surface area contributed by atoms with Crippen molar-refractivity contribution in [3.8, 4) is 0 Å². The van der Waals surface area contributed by atoms with Gasteiger partial charge in [0.2, 0.25) is 19.7 Å². The van der Waals surface area contributed by atoms with E-state index < -0.39 is 75.8 Å². The molecule has 0 aromatic heterocycles. The van der Waals surface area contributed by atoms with Crippen molar-refractivity contribution in [1.82, 2.24) is 0 Å². The number of aliphatic hydroxyl groups is 1. The number of nitrogens with two attached hydrogens (primary N) is 1. The number of rotatable bonds is 16. The minimum absolute atomic E-state index is 0.0197. The van der Waals surface area contributed by atoms with Crippen LogP contribution in [0.5, 0.6) is 0 Å². The summed E-state index contributed by atoms with van der Waals surface area (Å²) in [6.07, 6.45) is -1.62. The third-order valence-electron chi connectivity index (χ3n) is 10.1. The second-order valence-electron chi connectivity index (χ2n) is 14.1. The van der Waals surface area contributed by atoms with Gasteiger partial charge in [0.1, 0.15) is 31.0 Å². The third-order valence-corrected chi connectivity index (χ3v) is 16.5. The summed E-state index contributed by atoms with van der Waals surface area (Å²) in [5.74, 6) is 0. The number of hydrogen-bond donors (Lipinski definition) is 2. The Kier molecular flexibility index (Phi) is 14.1. The highest BCUT2D eigenvalue weighted by molar-refractivity contribution is 9.10. The highest BCUT2D eigenvalue weighted by atomic mass is 79.9. The van der Waals surface area contributed by atoms with Crippen molar-refractivity contribution in [1.29, 1.82) is 0 Å². The zero-order chi connectivity index (χ0) is 38.7. The molecule has 17 heteroatoms. The summed E-state index contributed by atoms with van der Waals surface area (Å²) < 4.78 is 94.6. The van der Waals surface area contributed by atoms with E-state index in [1.165, 1.54) is 24.3 Å². The van der Waals surface area contributed by atoms with Crippen LogP contribution in [0.25, 0.3) is 0 Å². The van der Waals surface area contributed by atoms with Gasteiger partial charge in [0.05, 0.1) is 35.2 Å². The second kappa shape index (κ2) is 18.0. The largest absolute Gasteiger partial charge is 0.399 e. The van der Waals surface area contributed by atoms with E-state index in [1.54, 1.807) is 24.3 Å². The lowest BCUT2D eigenvalue weighted by atomic mass is 9.87. The van der Waals surface area contributed by atoms with Crippen molar-refractivity contribution in [2.75, 3.05) is 19.8 Å². The molecule has 3 saturated heterocycles. The molecule has 0 saturated carbocycles. The molecule has 3 heterocycles. The molecule has 0 bridgehead atoms. The summed E-state index contributed by atoms with van der Waals surface area (Å²) >= 11 is 6.70. The van der Waals surface area contributed by atoms with Crippen molar-refractivity contribution < 1.29 is 55.0 Å². The number of halogens is 2. The third kappa shape index (κ3) is 9.66. The topological polar surface area (TPSA) is 160 Å². The highest BCUT2D eigenvalue weighted by Gasteiger charge is 2.53. The summed E-state index contributed by atoms with van der Waals surface area (Å²) in [7, 11) is -10.6. The zero-order valence-corrected chi connectivity index (χ0v) is 36.1. The maximum atomic E-state index is 13.7. The van der Waals surface area contributed by atoms with Crippen LogP contribution in [0.15, 0.2) is 97.6 Å². The Morgan fingerprint density at radius 3 is 1.93 bits per heavy atom. The Bertz CT molecular complexity index is 1900. The average Bonchev–Trinajstić information content (AvgIpc) is 3.93. The molecule has 9 atom stereocenters. The molecule has 3 aliphatic heterocycles. The molecule has 3 fully saturated rings. The predicted octanol–water partition coefficient (Wildman–Crippen LogP) is 5.49. The van der Waals surface area contributed by atoms with Gasteiger partial charge in [-0.25, -0.2) is 16.8 Å². The van der Waals surface area contributed by atoms with E-state index in [0.29, 0.717) is 0 Å². The van der Waals surface area contributed by atoms with Crippen molar-refractivity contribution in [2.24, 2.45) is 0 Å². The van der Waals surface area contributed by atoms with E-state index in [9.17, 15) is 21.9 Å². The lowest BCUT2D eigenvalue weighted by Gasteiger charge is -2.32. The fraction of sp³-hybridized carbons (Fsp3) is 0.514. The molecule has 0 spiro atoms. The van der Waals surface area contributed by atoms with Crippen LogP contribution in [0.3, 0.4) is 0 Å². The Morgan fingerprint density at radius 1 is 0.852 bits per heavy atom. The van der Waals surface area contributed by atoms with Crippen molar-refractivity contribution >= 4 is 60.1 Å². The van der Waals surface area contributed by atoms with Gasteiger partial charge >= 0.3 is 8.60 Å². The van der Waals surface area contributed by atoms with Crippen LogP contribution in [-0.4, -0.2) is 89.1 Å². The lowest BCUT2D eigenvalue weighted by molar-refractivity contribution is -0.684. The van der Waals surface area contributed by atoms with E-state index in [4.69, 9.17) is 27.8 Å². The molecular formula is C37H48Br2NO11PS2+2. The molecule has 3 N–H and O–H groups in total. The number of sulfone groups is 2. The van der Waals surface area contributed by atoms with E-state index in [1.807, 2.05) is 51.1 Å². The Hall–Kier alpha value is -1.37. The van der Waals surface area contributed by atoms with Gasteiger partial charge in [-0.1, -0.05) is 62.2 Å². The minimum atomic E-state index is -3.95. The van der Waals surface area contributed by atoms with Gasteiger partial charge in [-0.2, -0.15) is 13.6 Å². The summed E-state index contributed by atoms with van der Waals surface area (Å²) in [5.41, 5.74) is -2.43. The number of ether oxygens (including phenoxy) is 3. The van der Waals surface area contributed by atoms with E-state index in [2.05, 4.69) is 37.2 Å². The molecule has 0 radical (unpaired) electrons. The van der Waals surface area contributed by atoms with Gasteiger partial charge in [0, 0.05) is 34.6 Å². The van der Waals surface area contributed by atoms with E-state index >= 15 is 0 Å². The maximum Gasteiger partial charge on any atom is 0.399 e. The van der Waals surface area contributed by atoms with Crippen LogP contribution in [-0.2, 0) is 53.1 Å². The quantitative estimate of drug-likeness (QED) is 0.175. The number of aliphatic hydroxyl groups excluding tert-OH is 1. The molecule has 0 aliphatic carbocycles. The standard InChI is InChI=1S/C37H47Br2NO11PS2/c1-24(2)47-30-20-35(53(42,43)28-15-11-26(38)12-16-28)49-33(30)23-46-52(51-37(3,34-10-7-19-40-34)25-8-5-4-6-9-25)50-31-21-36(48-32(31)22-41)54(44,45)29-17-13-27(39)14-18-29/h4-6,8-9,11-18,24,30-36,40-41,52H,7,10,19-23H2,1-3H3/q+1/p+1/t30?,31?,32-,33-,34?,35+,36+,37+/m1/s1. The molecule has 54 heavy (non-hydrogen) atoms. The molecular weight excluding hydrogens is 889 g/mol. The van der Waals surface area contributed by atoms with Crippen molar-refractivity contribution in [2.45, 2.75) is 109 Å². The number of quaternary nitrogens is 1. The van der Waals surface area contributed by atoms with Crippen molar-refractivity contribution in [3.05, 3.63) is 93.4 Å². The van der Waals surface area contributed by atoms with Gasteiger partial charge in [-0.3, -0.25) is 0 Å². The first kappa shape index (κ1) is 42.2. The van der Waals surface area contributed by atoms with E-state index in [0.717, 1.165) is 33.9 Å². The average molecular weight is 938 g/mol. The first-order valence-corrected chi connectivity index (χ1v) is 23.9. The maximum absolute atomic E-state index is 13.7. The minimum Gasteiger partial charge on any atom is -0.394 e. The van der Waals surface area contributed by atoms with Crippen LogP contribution >= 0.6 is 40.5 Å². The molecule has 3 aromatic rings. The summed E-state index contributed by atoms with van der Waals surface area (Å²) in [6, 6.07) is 22.5. The van der Waals surface area contributed by atoms with Gasteiger partial charge in [-0.05, 0) is 74.9 Å². The smallest absolute Gasteiger partial charge is 0.394 e. The molecule has 6 rings (SSSR count). The summed E-state index contributed by atoms with van der Waals surface area (Å²) in [5, 5.41) is 12.6. The summed E-state index contributed by atoms with van der Waals surface area (Å²) in [4.78, 5) is 0.217. The van der Waals surface area contributed by atoms with Gasteiger partial charge in [0.25, 0.3) is 0 Å². The lowest BCUT2D eigenvalue weighted by Crippen LogP contribution is -2.90.